The molecule has 4 aliphatic rings. The van der Waals surface area contributed by atoms with Crippen molar-refractivity contribution >= 4 is 11.8 Å². The van der Waals surface area contributed by atoms with Crippen molar-refractivity contribution in [2.45, 2.75) is 92.1 Å². The number of hydrogen-bond acceptors (Lipinski definition) is 3. The molecule has 0 aromatic heterocycles. The predicted molar refractivity (Wildman–Crippen MR) is 111 cm³/mol. The fourth-order valence-corrected chi connectivity index (χ4v) is 7.70. The minimum atomic E-state index is -0.0578. The Bertz CT molecular complexity index is 692. The summed E-state index contributed by atoms with van der Waals surface area (Å²) in [5.74, 6) is 2.75. The Labute approximate surface area is 170 Å². The van der Waals surface area contributed by atoms with Crippen LogP contribution in [0.25, 0.3) is 0 Å². The summed E-state index contributed by atoms with van der Waals surface area (Å²) in [5, 5.41) is 0. The summed E-state index contributed by atoms with van der Waals surface area (Å²) in [6.45, 7) is 10.5. The quantitative estimate of drug-likeness (QED) is 0.460. The lowest BCUT2D eigenvalue weighted by molar-refractivity contribution is -0.155. The lowest BCUT2D eigenvalue weighted by atomic mass is 9.47. The van der Waals surface area contributed by atoms with Gasteiger partial charge in [0, 0.05) is 12.3 Å². The topological polar surface area (TPSA) is 43.4 Å². The van der Waals surface area contributed by atoms with Gasteiger partial charge in [0.05, 0.1) is 5.92 Å². The van der Waals surface area contributed by atoms with E-state index < -0.39 is 0 Å². The molecule has 4 rings (SSSR count). The van der Waals surface area contributed by atoms with Crippen LogP contribution in [0.3, 0.4) is 0 Å². The number of allylic oxidation sites excluding steroid dienone is 1. The second-order valence-electron chi connectivity index (χ2n) is 11.0. The zero-order chi connectivity index (χ0) is 20.3. The van der Waals surface area contributed by atoms with E-state index in [9.17, 15) is 9.59 Å². The van der Waals surface area contributed by atoms with Gasteiger partial charge in [-0.05, 0) is 80.5 Å². The third kappa shape index (κ3) is 2.99. The lowest BCUT2D eigenvalue weighted by Gasteiger charge is -2.58. The van der Waals surface area contributed by atoms with Gasteiger partial charge in [0.2, 0.25) is 0 Å². The van der Waals surface area contributed by atoms with Crippen molar-refractivity contribution in [3.8, 4) is 0 Å². The Hall–Kier alpha value is -1.12. The molecule has 0 radical (unpaired) electrons. The first-order valence-corrected chi connectivity index (χ1v) is 11.6. The fourth-order valence-electron chi connectivity index (χ4n) is 7.70. The molecule has 0 amide bonds. The largest absolute Gasteiger partial charge is 0.462 e. The average molecular weight is 387 g/mol. The van der Waals surface area contributed by atoms with Crippen LogP contribution >= 0.6 is 0 Å². The Morgan fingerprint density at radius 1 is 1.07 bits per heavy atom. The molecule has 0 heterocycles. The third-order valence-electron chi connectivity index (χ3n) is 9.30. The summed E-state index contributed by atoms with van der Waals surface area (Å²) in [6.07, 6.45) is 11.6. The molecule has 7 atom stereocenters. The first-order chi connectivity index (χ1) is 13.2. The molecule has 0 spiro atoms. The minimum Gasteiger partial charge on any atom is -0.462 e. The first-order valence-electron chi connectivity index (χ1n) is 11.6. The second kappa shape index (κ2) is 6.99. The number of Topliss-reactive ketones (excluding diaryl/α,β-unsaturated/α-hetero) is 1. The SMILES string of the molecule is CC(=O)[C@H]1CC[C@H]2[C@@H]3CC=C4C[C@@H](OC(=O)C(C)C)CC[C@]4(C)[C@H]3CC[C@]12C. The molecular formula is C25H38O3. The van der Waals surface area contributed by atoms with E-state index >= 15 is 0 Å². The number of rotatable bonds is 3. The highest BCUT2D eigenvalue weighted by atomic mass is 16.5. The van der Waals surface area contributed by atoms with Gasteiger partial charge in [0.1, 0.15) is 11.9 Å². The maximum atomic E-state index is 12.3. The van der Waals surface area contributed by atoms with Gasteiger partial charge >= 0.3 is 5.97 Å². The van der Waals surface area contributed by atoms with Crippen molar-refractivity contribution in [3.05, 3.63) is 11.6 Å². The molecular weight excluding hydrogens is 348 g/mol. The van der Waals surface area contributed by atoms with Gasteiger partial charge in [0.15, 0.2) is 0 Å². The normalized spacial score (nSPS) is 44.9. The molecule has 28 heavy (non-hydrogen) atoms. The summed E-state index contributed by atoms with van der Waals surface area (Å²) >= 11 is 0. The summed E-state index contributed by atoms with van der Waals surface area (Å²) in [4.78, 5) is 24.3. The highest BCUT2D eigenvalue weighted by molar-refractivity contribution is 5.79. The van der Waals surface area contributed by atoms with Crippen LogP contribution in [-0.2, 0) is 14.3 Å². The van der Waals surface area contributed by atoms with E-state index in [1.807, 2.05) is 20.8 Å². The zero-order valence-electron chi connectivity index (χ0n) is 18.4. The number of esters is 1. The number of ketones is 1. The van der Waals surface area contributed by atoms with Crippen LogP contribution < -0.4 is 0 Å². The molecule has 0 N–H and O–H groups in total. The van der Waals surface area contributed by atoms with Crippen LogP contribution in [0, 0.1) is 40.4 Å². The Kier molecular flexibility index (Phi) is 5.03. The van der Waals surface area contributed by atoms with E-state index in [4.69, 9.17) is 4.74 Å². The highest BCUT2D eigenvalue weighted by Crippen LogP contribution is 2.66. The van der Waals surface area contributed by atoms with Crippen LogP contribution in [0.2, 0.25) is 0 Å². The Morgan fingerprint density at radius 2 is 1.82 bits per heavy atom. The molecule has 0 aromatic rings. The van der Waals surface area contributed by atoms with Gasteiger partial charge < -0.3 is 4.74 Å². The minimum absolute atomic E-state index is 0.0503. The smallest absolute Gasteiger partial charge is 0.308 e. The van der Waals surface area contributed by atoms with Gasteiger partial charge in [0.25, 0.3) is 0 Å². The van der Waals surface area contributed by atoms with Gasteiger partial charge in [-0.2, -0.15) is 0 Å². The van der Waals surface area contributed by atoms with Crippen LogP contribution in [0.5, 0.6) is 0 Å². The van der Waals surface area contributed by atoms with E-state index in [-0.39, 0.29) is 34.7 Å². The number of ether oxygens (including phenoxy) is 1. The summed E-state index contributed by atoms with van der Waals surface area (Å²) in [7, 11) is 0. The fraction of sp³-hybridized carbons (Fsp3) is 0.840. The standard InChI is InChI=1S/C25H38O3/c1-15(2)23(27)28-18-10-12-24(4)17(14-18)6-7-19-21-9-8-20(16(3)26)25(21,5)13-11-22(19)24/h6,15,18-22H,7-14H2,1-5H3/t18-,19-,20+,21-,22-,24-,25+/m0/s1. The molecule has 3 nitrogen and oxygen atoms in total. The van der Waals surface area contributed by atoms with Crippen LogP contribution in [0.15, 0.2) is 11.6 Å². The highest BCUT2D eigenvalue weighted by Gasteiger charge is 2.59. The molecule has 0 aliphatic heterocycles. The van der Waals surface area contributed by atoms with Crippen molar-refractivity contribution in [1.82, 2.24) is 0 Å². The Balaban J connectivity index is 1.54. The molecule has 3 fully saturated rings. The molecule has 0 unspecified atom stereocenters. The van der Waals surface area contributed by atoms with Crippen molar-refractivity contribution in [1.29, 1.82) is 0 Å². The van der Waals surface area contributed by atoms with Crippen LogP contribution in [-0.4, -0.2) is 17.9 Å². The molecule has 0 aromatic carbocycles. The lowest BCUT2D eigenvalue weighted by Crippen LogP contribution is -2.51. The third-order valence-corrected chi connectivity index (χ3v) is 9.30. The van der Waals surface area contributed by atoms with E-state index in [2.05, 4.69) is 19.9 Å². The molecule has 156 valence electrons. The maximum Gasteiger partial charge on any atom is 0.308 e. The van der Waals surface area contributed by atoms with E-state index in [0.29, 0.717) is 11.7 Å². The van der Waals surface area contributed by atoms with Crippen molar-refractivity contribution in [2.24, 2.45) is 40.4 Å². The maximum absolute atomic E-state index is 12.3. The monoisotopic (exact) mass is 386 g/mol. The summed E-state index contributed by atoms with van der Waals surface area (Å²) in [5.41, 5.74) is 2.03. The van der Waals surface area contributed by atoms with E-state index in [1.165, 1.54) is 19.3 Å². The van der Waals surface area contributed by atoms with Crippen LogP contribution in [0.4, 0.5) is 0 Å². The summed E-state index contributed by atoms with van der Waals surface area (Å²) in [6, 6.07) is 0. The first kappa shape index (κ1) is 20.2. The number of hydrogen-bond donors (Lipinski definition) is 0. The predicted octanol–water partition coefficient (Wildman–Crippen LogP) is 5.72. The molecule has 4 aliphatic carbocycles. The zero-order valence-corrected chi connectivity index (χ0v) is 18.4. The van der Waals surface area contributed by atoms with Gasteiger partial charge in [-0.3, -0.25) is 9.59 Å². The Morgan fingerprint density at radius 3 is 2.50 bits per heavy atom. The van der Waals surface area contributed by atoms with E-state index in [0.717, 1.165) is 43.9 Å². The van der Waals surface area contributed by atoms with Crippen molar-refractivity contribution in [2.75, 3.05) is 0 Å². The summed E-state index contributed by atoms with van der Waals surface area (Å²) < 4.78 is 5.79. The molecule has 0 bridgehead atoms. The van der Waals surface area contributed by atoms with Gasteiger partial charge in [-0.1, -0.05) is 39.3 Å². The van der Waals surface area contributed by atoms with Crippen molar-refractivity contribution < 1.29 is 14.3 Å². The molecule has 3 heteroatoms. The van der Waals surface area contributed by atoms with E-state index in [1.54, 1.807) is 5.57 Å². The number of fused-ring (bicyclic) bond motifs is 5. The van der Waals surface area contributed by atoms with Crippen molar-refractivity contribution in [3.63, 3.8) is 0 Å². The molecule has 3 saturated carbocycles. The van der Waals surface area contributed by atoms with Gasteiger partial charge in [-0.15, -0.1) is 0 Å². The second-order valence-corrected chi connectivity index (χ2v) is 11.0. The van der Waals surface area contributed by atoms with Crippen LogP contribution in [0.1, 0.15) is 86.0 Å². The number of carbonyl (C=O) groups excluding carboxylic acids is 2. The molecule has 0 saturated heterocycles. The van der Waals surface area contributed by atoms with Gasteiger partial charge in [-0.25, -0.2) is 0 Å². The number of carbonyl (C=O) groups is 2. The average Bonchev–Trinajstić information content (AvgIpc) is 2.99.